The number of hydrogen-bond donors (Lipinski definition) is 1. The second kappa shape index (κ2) is 5.05. The van der Waals surface area contributed by atoms with Gasteiger partial charge in [0.05, 0.1) is 5.71 Å². The quantitative estimate of drug-likeness (QED) is 0.667. The number of aryl methyl sites for hydroxylation is 1. The van der Waals surface area contributed by atoms with E-state index >= 15 is 0 Å². The molecular weight excluding hydrogens is 250 g/mol. The third-order valence-electron chi connectivity index (χ3n) is 2.34. The van der Waals surface area contributed by atoms with E-state index in [1.165, 1.54) is 6.07 Å². The topological polar surface area (TPSA) is 97.8 Å². The Kier molecular flexibility index (Phi) is 3.46. The van der Waals surface area contributed by atoms with Crippen LogP contribution in [0.5, 0.6) is 11.9 Å². The zero-order valence-electron chi connectivity index (χ0n) is 10.8. The van der Waals surface area contributed by atoms with Crippen LogP contribution in [0.3, 0.4) is 0 Å². The van der Waals surface area contributed by atoms with Gasteiger partial charge < -0.3 is 14.4 Å². The van der Waals surface area contributed by atoms with E-state index in [0.717, 1.165) is 0 Å². The Bertz CT molecular complexity index is 702. The van der Waals surface area contributed by atoms with Crippen LogP contribution in [0.15, 0.2) is 20.4 Å². The Morgan fingerprint density at radius 1 is 1.47 bits per heavy atom. The maximum absolute atomic E-state index is 11.4. The lowest BCUT2D eigenvalue weighted by Gasteiger charge is -2.04. The highest BCUT2D eigenvalue weighted by molar-refractivity contribution is 5.82. The van der Waals surface area contributed by atoms with Crippen molar-refractivity contribution in [2.24, 2.45) is 5.16 Å². The summed E-state index contributed by atoms with van der Waals surface area (Å²) in [4.78, 5) is 24.0. The molecule has 0 amide bonds. The summed E-state index contributed by atoms with van der Waals surface area (Å²) in [6.07, 6.45) is 0.547. The van der Waals surface area contributed by atoms with Gasteiger partial charge in [-0.1, -0.05) is 12.1 Å². The molecule has 0 aliphatic carbocycles. The molecule has 0 unspecified atom stereocenters. The number of aromatic nitrogens is 2. The van der Waals surface area contributed by atoms with Crippen LogP contribution in [-0.4, -0.2) is 20.8 Å². The summed E-state index contributed by atoms with van der Waals surface area (Å²) in [5.74, 6) is -0.301. The molecule has 100 valence electrons. The third kappa shape index (κ3) is 2.70. The van der Waals surface area contributed by atoms with Gasteiger partial charge in [0.25, 0.3) is 0 Å². The van der Waals surface area contributed by atoms with Gasteiger partial charge >= 0.3 is 11.6 Å². The zero-order valence-corrected chi connectivity index (χ0v) is 10.8. The number of hydrogen-bond acceptors (Lipinski definition) is 7. The zero-order chi connectivity index (χ0) is 14.0. The first-order chi connectivity index (χ1) is 9.01. The molecule has 0 bridgehead atoms. The predicted octanol–water partition coefficient (Wildman–Crippen LogP) is 1.63. The molecule has 0 aliphatic rings. The lowest BCUT2D eigenvalue weighted by Crippen LogP contribution is -2.03. The molecule has 19 heavy (non-hydrogen) atoms. The number of oxime groups is 1. The van der Waals surface area contributed by atoms with Crippen LogP contribution in [0.25, 0.3) is 11.1 Å². The fourth-order valence-electron chi connectivity index (χ4n) is 1.56. The maximum atomic E-state index is 11.4. The summed E-state index contributed by atoms with van der Waals surface area (Å²) < 4.78 is 4.94. The van der Waals surface area contributed by atoms with Gasteiger partial charge in [0.2, 0.25) is 11.6 Å². The highest BCUT2D eigenvalue weighted by Crippen LogP contribution is 2.26. The highest BCUT2D eigenvalue weighted by Gasteiger charge is 2.14. The molecule has 0 fully saturated rings. The van der Waals surface area contributed by atoms with Gasteiger partial charge in [-0.2, -0.15) is 9.97 Å². The van der Waals surface area contributed by atoms with Crippen molar-refractivity contribution in [3.63, 3.8) is 0 Å². The summed E-state index contributed by atoms with van der Waals surface area (Å²) in [7, 11) is 0. The van der Waals surface area contributed by atoms with Gasteiger partial charge in [-0.15, -0.1) is 0 Å². The predicted molar refractivity (Wildman–Crippen MR) is 68.5 cm³/mol. The molecule has 0 saturated carbocycles. The van der Waals surface area contributed by atoms with Crippen molar-refractivity contribution in [2.45, 2.75) is 27.2 Å². The van der Waals surface area contributed by atoms with E-state index in [0.29, 0.717) is 23.1 Å². The molecule has 1 N–H and O–H groups in total. The van der Waals surface area contributed by atoms with Crippen LogP contribution in [0, 0.1) is 0 Å². The average Bonchev–Trinajstić information content (AvgIpc) is 2.34. The Labute approximate surface area is 108 Å². The molecular formula is C12H13N3O4. The lowest BCUT2D eigenvalue weighted by atomic mass is 10.1. The fourth-order valence-corrected chi connectivity index (χ4v) is 1.56. The second-order valence-electron chi connectivity index (χ2n) is 4.08. The Hall–Kier alpha value is -2.44. The number of nitrogens with zero attached hydrogens (tertiary/aromatic N) is 3. The molecule has 2 rings (SSSR count). The Morgan fingerprint density at radius 2 is 2.21 bits per heavy atom. The molecule has 0 saturated heterocycles. The van der Waals surface area contributed by atoms with Crippen LogP contribution >= 0.6 is 0 Å². The van der Waals surface area contributed by atoms with Gasteiger partial charge in [0.1, 0.15) is 5.39 Å². The van der Waals surface area contributed by atoms with Gasteiger partial charge in [-0.05, 0) is 25.8 Å². The van der Waals surface area contributed by atoms with Crippen LogP contribution < -0.4 is 10.5 Å². The van der Waals surface area contributed by atoms with E-state index in [9.17, 15) is 9.90 Å². The minimum atomic E-state index is -0.538. The van der Waals surface area contributed by atoms with Crippen molar-refractivity contribution in [3.05, 3.63) is 22.0 Å². The molecule has 0 atom stereocenters. The minimum Gasteiger partial charge on any atom is -0.493 e. The fraction of sp³-hybridized carbons (Fsp3) is 0.333. The van der Waals surface area contributed by atoms with Crippen molar-refractivity contribution in [3.8, 4) is 11.9 Å². The summed E-state index contributed by atoms with van der Waals surface area (Å²) in [6.45, 7) is 5.31. The van der Waals surface area contributed by atoms with Gasteiger partial charge in [-0.3, -0.25) is 0 Å². The number of fused-ring (bicyclic) bond motifs is 1. The first-order valence-electron chi connectivity index (χ1n) is 5.73. The molecule has 0 spiro atoms. The van der Waals surface area contributed by atoms with E-state index in [1.807, 2.05) is 6.92 Å². The molecule has 2 heterocycles. The van der Waals surface area contributed by atoms with Gasteiger partial charge in [-0.25, -0.2) is 4.79 Å². The van der Waals surface area contributed by atoms with E-state index in [-0.39, 0.29) is 17.6 Å². The Morgan fingerprint density at radius 3 is 2.84 bits per heavy atom. The molecule has 2 aromatic rings. The molecule has 7 heteroatoms. The van der Waals surface area contributed by atoms with E-state index in [4.69, 9.17) is 9.25 Å². The summed E-state index contributed by atoms with van der Waals surface area (Å²) >= 11 is 0. The second-order valence-corrected chi connectivity index (χ2v) is 4.08. The van der Waals surface area contributed by atoms with Crippen molar-refractivity contribution in [1.29, 1.82) is 0 Å². The standard InChI is InChI=1S/C12H13N3O4/c1-4-7-5-8(16)18-11-9(7)10(17)13-12(14-11)19-15-6(2)3/h5H,4H2,1-3H3,(H,13,14,17). The van der Waals surface area contributed by atoms with Crippen LogP contribution in [0.4, 0.5) is 0 Å². The molecule has 7 nitrogen and oxygen atoms in total. The first kappa shape index (κ1) is 13.0. The SMILES string of the molecule is CCc1cc(=O)oc2nc(ON=C(C)C)nc(O)c12. The first-order valence-corrected chi connectivity index (χ1v) is 5.73. The summed E-state index contributed by atoms with van der Waals surface area (Å²) in [5.41, 5.74) is 0.719. The smallest absolute Gasteiger partial charge is 0.352 e. The number of rotatable bonds is 3. The van der Waals surface area contributed by atoms with Gasteiger partial charge in [0, 0.05) is 6.07 Å². The van der Waals surface area contributed by atoms with E-state index < -0.39 is 5.63 Å². The molecule has 0 aliphatic heterocycles. The Balaban J connectivity index is 2.63. The molecule has 2 aromatic heterocycles. The van der Waals surface area contributed by atoms with E-state index in [2.05, 4.69) is 15.1 Å². The summed E-state index contributed by atoms with van der Waals surface area (Å²) in [6, 6.07) is 1.13. The monoisotopic (exact) mass is 263 g/mol. The molecule has 0 aromatic carbocycles. The maximum Gasteiger partial charge on any atom is 0.352 e. The van der Waals surface area contributed by atoms with Crippen LogP contribution in [0.2, 0.25) is 0 Å². The van der Waals surface area contributed by atoms with Crippen LogP contribution in [-0.2, 0) is 6.42 Å². The normalized spacial score (nSPS) is 10.5. The largest absolute Gasteiger partial charge is 0.493 e. The van der Waals surface area contributed by atoms with Gasteiger partial charge in [0.15, 0.2) is 0 Å². The van der Waals surface area contributed by atoms with Crippen LogP contribution in [0.1, 0.15) is 26.3 Å². The lowest BCUT2D eigenvalue weighted by molar-refractivity contribution is 0.304. The van der Waals surface area contributed by atoms with Crippen molar-refractivity contribution in [1.82, 2.24) is 9.97 Å². The third-order valence-corrected chi connectivity index (χ3v) is 2.34. The highest BCUT2D eigenvalue weighted by atomic mass is 16.6. The van der Waals surface area contributed by atoms with Crippen molar-refractivity contribution < 1.29 is 14.4 Å². The minimum absolute atomic E-state index is 0.0178. The summed E-state index contributed by atoms with van der Waals surface area (Å²) in [5, 5.41) is 13.9. The van der Waals surface area contributed by atoms with Crippen molar-refractivity contribution in [2.75, 3.05) is 0 Å². The average molecular weight is 263 g/mol. The van der Waals surface area contributed by atoms with Crippen molar-refractivity contribution >= 4 is 16.8 Å². The van der Waals surface area contributed by atoms with E-state index in [1.54, 1.807) is 13.8 Å². The number of aromatic hydroxyl groups is 1. The molecule has 0 radical (unpaired) electrons.